The van der Waals surface area contributed by atoms with Crippen LogP contribution < -0.4 is 10.5 Å². The number of anilines is 2. The fraction of sp³-hybridized carbons (Fsp3) is 0.292. The van der Waals surface area contributed by atoms with Crippen LogP contribution in [0.15, 0.2) is 59.8 Å². The minimum Gasteiger partial charge on any atom is -0.384 e. The lowest BCUT2D eigenvalue weighted by Crippen LogP contribution is -2.18. The average molecular weight is 451 g/mol. The number of rotatable bonds is 6. The second-order valence-electron chi connectivity index (χ2n) is 9.12. The Morgan fingerprint density at radius 1 is 1.03 bits per heavy atom. The summed E-state index contributed by atoms with van der Waals surface area (Å²) in [6, 6.07) is 11.5. The van der Waals surface area contributed by atoms with Gasteiger partial charge in [-0.1, -0.05) is 32.9 Å². The van der Waals surface area contributed by atoms with E-state index in [2.05, 4.69) is 35.5 Å². The van der Waals surface area contributed by atoms with E-state index in [0.717, 1.165) is 24.0 Å². The standard InChI is InChI=1S/C24H26N4O3S/c1-24(2,3)18-7-9-19(10-8-18)32(30,31)28-20-12-17(15-4-5-15)14-27-22(20)23(29)16-6-11-21(25)26-13-16/h6-15,28H,4-5H2,1-3H3,(H2,25,26). The molecule has 0 bridgehead atoms. The molecule has 0 amide bonds. The van der Waals surface area contributed by atoms with Crippen molar-refractivity contribution in [1.82, 2.24) is 9.97 Å². The number of pyridine rings is 2. The number of nitrogens with one attached hydrogen (secondary N) is 1. The molecule has 3 aromatic rings. The molecule has 166 valence electrons. The highest BCUT2D eigenvalue weighted by atomic mass is 32.2. The van der Waals surface area contributed by atoms with Crippen molar-refractivity contribution >= 4 is 27.3 Å². The summed E-state index contributed by atoms with van der Waals surface area (Å²) in [6.07, 6.45) is 5.05. The van der Waals surface area contributed by atoms with E-state index >= 15 is 0 Å². The zero-order valence-electron chi connectivity index (χ0n) is 18.3. The third-order valence-corrected chi connectivity index (χ3v) is 6.88. The van der Waals surface area contributed by atoms with Gasteiger partial charge >= 0.3 is 0 Å². The van der Waals surface area contributed by atoms with Crippen LogP contribution in [0, 0.1) is 0 Å². The van der Waals surface area contributed by atoms with Gasteiger partial charge < -0.3 is 5.73 Å². The number of nitrogen functional groups attached to an aromatic ring is 1. The quantitative estimate of drug-likeness (QED) is 0.542. The first-order valence-corrected chi connectivity index (χ1v) is 11.9. The third kappa shape index (κ3) is 4.65. The van der Waals surface area contributed by atoms with Gasteiger partial charge in [0.1, 0.15) is 11.5 Å². The molecule has 2 aromatic heterocycles. The van der Waals surface area contributed by atoms with E-state index in [1.807, 2.05) is 0 Å². The predicted molar refractivity (Wildman–Crippen MR) is 124 cm³/mol. The van der Waals surface area contributed by atoms with Gasteiger partial charge in [-0.2, -0.15) is 0 Å². The molecule has 1 aliphatic rings. The Labute approximate surface area is 188 Å². The second-order valence-corrected chi connectivity index (χ2v) is 10.8. The summed E-state index contributed by atoms with van der Waals surface area (Å²) in [4.78, 5) is 21.5. The lowest BCUT2D eigenvalue weighted by atomic mass is 9.87. The van der Waals surface area contributed by atoms with Crippen LogP contribution in [0.1, 0.15) is 66.7 Å². The normalized spacial score (nSPS) is 14.2. The molecule has 0 atom stereocenters. The molecule has 1 saturated carbocycles. The minimum atomic E-state index is -3.92. The van der Waals surface area contributed by atoms with Crippen LogP contribution in [0.25, 0.3) is 0 Å². The number of ketones is 1. The first-order valence-electron chi connectivity index (χ1n) is 10.4. The van der Waals surface area contributed by atoms with Crippen LogP contribution in [0.2, 0.25) is 0 Å². The Balaban J connectivity index is 1.70. The van der Waals surface area contributed by atoms with E-state index in [1.165, 1.54) is 12.3 Å². The number of aromatic nitrogens is 2. The second kappa shape index (κ2) is 8.02. The molecule has 32 heavy (non-hydrogen) atoms. The molecule has 0 saturated heterocycles. The zero-order chi connectivity index (χ0) is 23.1. The zero-order valence-corrected chi connectivity index (χ0v) is 19.1. The van der Waals surface area contributed by atoms with Gasteiger partial charge in [0.2, 0.25) is 5.78 Å². The molecule has 2 heterocycles. The highest BCUT2D eigenvalue weighted by Crippen LogP contribution is 2.41. The van der Waals surface area contributed by atoms with Crippen molar-refractivity contribution in [3.8, 4) is 0 Å². The number of hydrogen-bond acceptors (Lipinski definition) is 6. The first-order chi connectivity index (χ1) is 15.0. The van der Waals surface area contributed by atoms with Gasteiger partial charge in [-0.25, -0.2) is 13.4 Å². The monoisotopic (exact) mass is 450 g/mol. The van der Waals surface area contributed by atoms with E-state index in [4.69, 9.17) is 5.73 Å². The van der Waals surface area contributed by atoms with Gasteiger partial charge in [0.25, 0.3) is 10.0 Å². The average Bonchev–Trinajstić information content (AvgIpc) is 3.58. The number of nitrogens with two attached hydrogens (primary N) is 1. The molecule has 0 radical (unpaired) electrons. The summed E-state index contributed by atoms with van der Waals surface area (Å²) in [6.45, 7) is 6.19. The van der Waals surface area contributed by atoms with Gasteiger partial charge in [-0.15, -0.1) is 0 Å². The Kier molecular flexibility index (Phi) is 5.50. The summed E-state index contributed by atoms with van der Waals surface area (Å²) >= 11 is 0. The molecule has 1 fully saturated rings. The largest absolute Gasteiger partial charge is 0.384 e. The number of nitrogens with zero attached hydrogens (tertiary/aromatic N) is 2. The van der Waals surface area contributed by atoms with E-state index < -0.39 is 15.8 Å². The molecular formula is C24H26N4O3S. The van der Waals surface area contributed by atoms with E-state index in [9.17, 15) is 13.2 Å². The Morgan fingerprint density at radius 3 is 2.28 bits per heavy atom. The summed E-state index contributed by atoms with van der Waals surface area (Å²) in [5.74, 6) is 0.206. The van der Waals surface area contributed by atoms with Crippen molar-refractivity contribution in [3.63, 3.8) is 0 Å². The van der Waals surface area contributed by atoms with Crippen LogP contribution in [-0.2, 0) is 15.4 Å². The molecule has 8 heteroatoms. The fourth-order valence-electron chi connectivity index (χ4n) is 3.39. The summed E-state index contributed by atoms with van der Waals surface area (Å²) in [5.41, 5.74) is 7.93. The molecular weight excluding hydrogens is 424 g/mol. The third-order valence-electron chi connectivity index (χ3n) is 5.50. The van der Waals surface area contributed by atoms with Crippen molar-refractivity contribution in [3.05, 3.63) is 77.2 Å². The number of sulfonamides is 1. The van der Waals surface area contributed by atoms with Crippen LogP contribution >= 0.6 is 0 Å². The lowest BCUT2D eigenvalue weighted by Gasteiger charge is -2.19. The Bertz CT molecular complexity index is 1260. The molecule has 7 nitrogen and oxygen atoms in total. The molecule has 3 N–H and O–H groups in total. The van der Waals surface area contributed by atoms with Crippen LogP contribution in [0.3, 0.4) is 0 Å². The predicted octanol–water partition coefficient (Wildman–Crippen LogP) is 4.27. The smallest absolute Gasteiger partial charge is 0.261 e. The van der Waals surface area contributed by atoms with Gasteiger partial charge in [0.15, 0.2) is 0 Å². The van der Waals surface area contributed by atoms with Crippen molar-refractivity contribution in [2.75, 3.05) is 10.5 Å². The van der Waals surface area contributed by atoms with E-state index in [1.54, 1.807) is 42.6 Å². The molecule has 1 aromatic carbocycles. The number of carbonyl (C=O) groups is 1. The summed E-state index contributed by atoms with van der Waals surface area (Å²) in [5, 5.41) is 0. The van der Waals surface area contributed by atoms with Crippen molar-refractivity contribution in [2.45, 2.75) is 49.8 Å². The van der Waals surface area contributed by atoms with Gasteiger partial charge in [0.05, 0.1) is 10.6 Å². The SMILES string of the molecule is CC(C)(C)c1ccc(S(=O)(=O)Nc2cc(C3CC3)cnc2C(=O)c2ccc(N)nc2)cc1. The van der Waals surface area contributed by atoms with Crippen LogP contribution in [0.4, 0.5) is 11.5 Å². The lowest BCUT2D eigenvalue weighted by molar-refractivity contribution is 0.103. The van der Waals surface area contributed by atoms with Gasteiger partial charge in [-0.3, -0.25) is 14.5 Å². The molecule has 0 aliphatic heterocycles. The summed E-state index contributed by atoms with van der Waals surface area (Å²) < 4.78 is 28.9. The highest BCUT2D eigenvalue weighted by molar-refractivity contribution is 7.92. The van der Waals surface area contributed by atoms with Crippen molar-refractivity contribution in [2.24, 2.45) is 0 Å². The fourth-order valence-corrected chi connectivity index (χ4v) is 4.45. The molecule has 0 unspecified atom stereocenters. The Hall–Kier alpha value is -3.26. The highest BCUT2D eigenvalue weighted by Gasteiger charge is 2.28. The van der Waals surface area contributed by atoms with E-state index in [0.29, 0.717) is 11.7 Å². The maximum Gasteiger partial charge on any atom is 0.261 e. The number of carbonyl (C=O) groups excluding carboxylic acids is 1. The van der Waals surface area contributed by atoms with Crippen molar-refractivity contribution in [1.29, 1.82) is 0 Å². The maximum atomic E-state index is 13.1. The van der Waals surface area contributed by atoms with Gasteiger partial charge in [-0.05, 0) is 65.6 Å². The van der Waals surface area contributed by atoms with E-state index in [-0.39, 0.29) is 27.3 Å². The van der Waals surface area contributed by atoms with Crippen molar-refractivity contribution < 1.29 is 13.2 Å². The number of benzene rings is 1. The van der Waals surface area contributed by atoms with Crippen LogP contribution in [-0.4, -0.2) is 24.2 Å². The van der Waals surface area contributed by atoms with Crippen LogP contribution in [0.5, 0.6) is 0 Å². The Morgan fingerprint density at radius 2 is 1.72 bits per heavy atom. The maximum absolute atomic E-state index is 13.1. The summed E-state index contributed by atoms with van der Waals surface area (Å²) in [7, 11) is -3.92. The minimum absolute atomic E-state index is 0.0239. The molecule has 1 aliphatic carbocycles. The molecule has 0 spiro atoms. The first kappa shape index (κ1) is 22.0. The van der Waals surface area contributed by atoms with Gasteiger partial charge in [0, 0.05) is 18.0 Å². The molecule has 4 rings (SSSR count). The number of hydrogen-bond donors (Lipinski definition) is 2. The topological polar surface area (TPSA) is 115 Å².